The molecule has 148 valence electrons. The molecule has 0 amide bonds. The quantitative estimate of drug-likeness (QED) is 0.332. The number of thiazole rings is 1. The van der Waals surface area contributed by atoms with Crippen LogP contribution in [0.15, 0.2) is 72.8 Å². The van der Waals surface area contributed by atoms with Gasteiger partial charge in [0.25, 0.3) is 0 Å². The van der Waals surface area contributed by atoms with Crippen LogP contribution in [0.4, 0.5) is 0 Å². The molecule has 0 aliphatic carbocycles. The highest BCUT2D eigenvalue weighted by Crippen LogP contribution is 2.32. The molecule has 4 aromatic rings. The molecule has 0 N–H and O–H groups in total. The van der Waals surface area contributed by atoms with Crippen molar-refractivity contribution in [1.29, 1.82) is 5.26 Å². The van der Waals surface area contributed by atoms with Gasteiger partial charge in [-0.3, -0.25) is 0 Å². The summed E-state index contributed by atoms with van der Waals surface area (Å²) in [6, 6.07) is 25.9. The van der Waals surface area contributed by atoms with Crippen molar-refractivity contribution in [2.75, 3.05) is 6.61 Å². The smallest absolute Gasteiger partial charge is 0.161 e. The van der Waals surface area contributed by atoms with Crippen LogP contribution in [0.2, 0.25) is 0 Å². The third-order valence-corrected chi connectivity index (χ3v) is 5.53. The van der Waals surface area contributed by atoms with Gasteiger partial charge in [-0.25, -0.2) is 4.98 Å². The summed E-state index contributed by atoms with van der Waals surface area (Å²) >= 11 is 1.51. The fourth-order valence-corrected chi connectivity index (χ4v) is 3.96. The monoisotopic (exact) mass is 412 g/mol. The fourth-order valence-electron chi connectivity index (χ4n) is 3.03. The molecule has 1 heterocycles. The van der Waals surface area contributed by atoms with E-state index in [2.05, 4.69) is 11.1 Å². The Morgan fingerprint density at radius 3 is 2.57 bits per heavy atom. The van der Waals surface area contributed by atoms with E-state index in [9.17, 15) is 5.26 Å². The van der Waals surface area contributed by atoms with Gasteiger partial charge in [0, 0.05) is 0 Å². The van der Waals surface area contributed by atoms with E-state index >= 15 is 0 Å². The van der Waals surface area contributed by atoms with E-state index in [1.54, 1.807) is 0 Å². The van der Waals surface area contributed by atoms with E-state index in [1.165, 1.54) is 11.3 Å². The molecule has 0 bridgehead atoms. The number of nitrogens with zero attached hydrogens (tertiary/aromatic N) is 2. The fraction of sp³-hybridized carbons (Fsp3) is 0.120. The Bertz CT molecular complexity index is 1190. The molecule has 0 aliphatic heterocycles. The molecule has 1 aromatic heterocycles. The summed E-state index contributed by atoms with van der Waals surface area (Å²) in [4.78, 5) is 4.59. The van der Waals surface area contributed by atoms with Crippen molar-refractivity contribution in [2.45, 2.75) is 13.5 Å². The molecule has 0 atom stereocenters. The summed E-state index contributed by atoms with van der Waals surface area (Å²) in [5.41, 5.74) is 3.38. The standard InChI is InChI=1S/C25H20N2O2S/c1-2-28-23-15-19(12-13-22(23)29-17-18-8-4-3-5-9-18)14-20(16-26)25-27-21-10-6-7-11-24(21)30-25/h3-15H,2,17H2,1H3/b20-14-. The number of hydrogen-bond donors (Lipinski definition) is 0. The summed E-state index contributed by atoms with van der Waals surface area (Å²) in [6.45, 7) is 2.93. The average molecular weight is 413 g/mol. The number of ether oxygens (including phenoxy) is 2. The molecule has 0 unspecified atom stereocenters. The van der Waals surface area contributed by atoms with Gasteiger partial charge >= 0.3 is 0 Å². The van der Waals surface area contributed by atoms with Crippen LogP contribution in [-0.4, -0.2) is 11.6 Å². The minimum atomic E-state index is 0.464. The van der Waals surface area contributed by atoms with Crippen molar-refractivity contribution in [2.24, 2.45) is 0 Å². The lowest BCUT2D eigenvalue weighted by molar-refractivity contribution is 0.269. The molecule has 30 heavy (non-hydrogen) atoms. The molecule has 5 heteroatoms. The van der Waals surface area contributed by atoms with Crippen LogP contribution in [0.1, 0.15) is 23.1 Å². The van der Waals surface area contributed by atoms with Crippen LogP contribution in [0.5, 0.6) is 11.5 Å². The largest absolute Gasteiger partial charge is 0.490 e. The van der Waals surface area contributed by atoms with E-state index in [-0.39, 0.29) is 0 Å². The highest BCUT2D eigenvalue weighted by molar-refractivity contribution is 7.19. The zero-order valence-corrected chi connectivity index (χ0v) is 17.4. The predicted molar refractivity (Wildman–Crippen MR) is 121 cm³/mol. The summed E-state index contributed by atoms with van der Waals surface area (Å²) in [6.07, 6.45) is 1.83. The van der Waals surface area contributed by atoms with Crippen molar-refractivity contribution < 1.29 is 9.47 Å². The van der Waals surface area contributed by atoms with Crippen LogP contribution >= 0.6 is 11.3 Å². The number of nitriles is 1. The Morgan fingerprint density at radius 1 is 1.00 bits per heavy atom. The lowest BCUT2D eigenvalue weighted by Crippen LogP contribution is -2.00. The normalized spacial score (nSPS) is 11.3. The van der Waals surface area contributed by atoms with Crippen LogP contribution in [0, 0.1) is 11.3 Å². The van der Waals surface area contributed by atoms with Crippen LogP contribution < -0.4 is 9.47 Å². The van der Waals surface area contributed by atoms with Gasteiger partial charge in [0.1, 0.15) is 17.7 Å². The SMILES string of the molecule is CCOc1cc(/C=C(/C#N)c2nc3ccccc3s2)ccc1OCc1ccccc1. The Morgan fingerprint density at radius 2 is 1.80 bits per heavy atom. The molecule has 0 radical (unpaired) electrons. The number of fused-ring (bicyclic) bond motifs is 1. The summed E-state index contributed by atoms with van der Waals surface area (Å²) in [7, 11) is 0. The van der Waals surface area contributed by atoms with E-state index < -0.39 is 0 Å². The van der Waals surface area contributed by atoms with Gasteiger partial charge in [-0.2, -0.15) is 5.26 Å². The predicted octanol–water partition coefficient (Wildman–Crippen LogP) is 6.34. The Labute approximate surface area is 179 Å². The molecular weight excluding hydrogens is 392 g/mol. The third kappa shape index (κ3) is 4.51. The maximum Gasteiger partial charge on any atom is 0.161 e. The number of allylic oxidation sites excluding steroid dienone is 1. The molecular formula is C25H20N2O2S. The second-order valence-electron chi connectivity index (χ2n) is 6.57. The summed E-state index contributed by atoms with van der Waals surface area (Å²) < 4.78 is 12.8. The number of rotatable bonds is 7. The number of para-hydroxylation sites is 1. The summed E-state index contributed by atoms with van der Waals surface area (Å²) in [5, 5.41) is 10.4. The van der Waals surface area contributed by atoms with Crippen LogP contribution in [0.25, 0.3) is 21.9 Å². The van der Waals surface area contributed by atoms with Crippen LogP contribution in [0.3, 0.4) is 0 Å². The third-order valence-electron chi connectivity index (χ3n) is 4.46. The number of hydrogen-bond acceptors (Lipinski definition) is 5. The summed E-state index contributed by atoms with van der Waals surface area (Å²) in [5.74, 6) is 1.33. The highest BCUT2D eigenvalue weighted by Gasteiger charge is 2.11. The highest BCUT2D eigenvalue weighted by atomic mass is 32.1. The first-order valence-corrected chi connectivity index (χ1v) is 10.5. The minimum absolute atomic E-state index is 0.464. The molecule has 0 fully saturated rings. The van der Waals surface area contributed by atoms with Gasteiger partial charge in [0.2, 0.25) is 0 Å². The first-order chi connectivity index (χ1) is 14.8. The molecule has 0 saturated heterocycles. The molecule has 0 aliphatic rings. The average Bonchev–Trinajstić information content (AvgIpc) is 3.22. The molecule has 4 nitrogen and oxygen atoms in total. The van der Waals surface area contributed by atoms with Crippen molar-refractivity contribution in [3.05, 3.63) is 88.9 Å². The molecule has 0 spiro atoms. The van der Waals surface area contributed by atoms with E-state index in [1.807, 2.05) is 85.8 Å². The van der Waals surface area contributed by atoms with Crippen molar-refractivity contribution >= 4 is 33.2 Å². The van der Waals surface area contributed by atoms with Crippen LogP contribution in [-0.2, 0) is 6.61 Å². The lowest BCUT2D eigenvalue weighted by Gasteiger charge is -2.13. The van der Waals surface area contributed by atoms with Crippen molar-refractivity contribution in [1.82, 2.24) is 4.98 Å². The van der Waals surface area contributed by atoms with Crippen molar-refractivity contribution in [3.63, 3.8) is 0 Å². The van der Waals surface area contributed by atoms with Crippen molar-refractivity contribution in [3.8, 4) is 17.6 Å². The van der Waals surface area contributed by atoms with E-state index in [0.29, 0.717) is 35.3 Å². The number of benzene rings is 3. The molecule has 4 rings (SSSR count). The lowest BCUT2D eigenvalue weighted by atomic mass is 10.1. The topological polar surface area (TPSA) is 55.1 Å². The van der Waals surface area contributed by atoms with Gasteiger partial charge in [0.15, 0.2) is 11.5 Å². The first-order valence-electron chi connectivity index (χ1n) is 9.68. The maximum absolute atomic E-state index is 9.70. The Kier molecular flexibility index (Phi) is 6.07. The van der Waals surface area contributed by atoms with Gasteiger partial charge in [-0.05, 0) is 48.4 Å². The Balaban J connectivity index is 1.61. The molecule has 0 saturated carbocycles. The maximum atomic E-state index is 9.70. The van der Waals surface area contributed by atoms with Gasteiger partial charge < -0.3 is 9.47 Å². The van der Waals surface area contributed by atoms with E-state index in [4.69, 9.17) is 9.47 Å². The van der Waals surface area contributed by atoms with Gasteiger partial charge in [0.05, 0.1) is 22.4 Å². The number of aromatic nitrogens is 1. The Hall–Kier alpha value is -3.62. The zero-order chi connectivity index (χ0) is 20.8. The minimum Gasteiger partial charge on any atom is -0.490 e. The molecule has 3 aromatic carbocycles. The van der Waals surface area contributed by atoms with Gasteiger partial charge in [-0.15, -0.1) is 11.3 Å². The second kappa shape index (κ2) is 9.25. The second-order valence-corrected chi connectivity index (χ2v) is 7.60. The van der Waals surface area contributed by atoms with Gasteiger partial charge in [-0.1, -0.05) is 48.5 Å². The first kappa shape index (κ1) is 19.7. The van der Waals surface area contributed by atoms with E-state index in [0.717, 1.165) is 21.3 Å². The zero-order valence-electron chi connectivity index (χ0n) is 16.5.